The van der Waals surface area contributed by atoms with Gasteiger partial charge >= 0.3 is 0 Å². The maximum atomic E-state index is 12.6. The zero-order valence-electron chi connectivity index (χ0n) is 12.7. The minimum absolute atomic E-state index is 0.250. The molecule has 0 aliphatic rings. The Bertz CT molecular complexity index is 812. The summed E-state index contributed by atoms with van der Waals surface area (Å²) < 4.78 is 1.84. The minimum atomic E-state index is -0.250. The Morgan fingerprint density at radius 2 is 2.09 bits per heavy atom. The summed E-state index contributed by atoms with van der Waals surface area (Å²) in [6.45, 7) is 2.00. The molecule has 0 spiro atoms. The van der Waals surface area contributed by atoms with Gasteiger partial charge in [-0.3, -0.25) is 14.7 Å². The summed E-state index contributed by atoms with van der Waals surface area (Å²) in [7, 11) is 0. The number of aromatic nitrogens is 4. The van der Waals surface area contributed by atoms with Gasteiger partial charge in [0.1, 0.15) is 10.7 Å². The molecule has 0 radical (unpaired) electrons. The summed E-state index contributed by atoms with van der Waals surface area (Å²) in [5.74, 6) is -0.250. The third-order valence-electron chi connectivity index (χ3n) is 3.15. The zero-order chi connectivity index (χ0) is 16.2. The van der Waals surface area contributed by atoms with Crippen LogP contribution in [0.3, 0.4) is 0 Å². The van der Waals surface area contributed by atoms with Crippen LogP contribution in [0, 0.1) is 0 Å². The Labute approximate surface area is 142 Å². The molecule has 1 aromatic carbocycles. The van der Waals surface area contributed by atoms with Crippen LogP contribution in [-0.2, 0) is 6.42 Å². The van der Waals surface area contributed by atoms with Crippen LogP contribution in [0.5, 0.6) is 0 Å². The average molecular weight is 345 g/mol. The monoisotopic (exact) mass is 345 g/mol. The lowest BCUT2D eigenvalue weighted by atomic mass is 10.3. The van der Waals surface area contributed by atoms with E-state index in [9.17, 15) is 4.79 Å². The summed E-state index contributed by atoms with van der Waals surface area (Å²) >= 11 is 2.87. The fraction of sp³-hybridized carbons (Fsp3) is 0.200. The molecule has 8 heteroatoms. The lowest BCUT2D eigenvalue weighted by molar-refractivity contribution is 0.102. The quantitative estimate of drug-likeness (QED) is 0.719. The molecule has 0 aliphatic heterocycles. The molecule has 1 amide bonds. The Morgan fingerprint density at radius 3 is 2.74 bits per heavy atom. The lowest BCUT2D eigenvalue weighted by Gasteiger charge is -2.10. The van der Waals surface area contributed by atoms with Crippen LogP contribution in [0.1, 0.15) is 22.4 Å². The van der Waals surface area contributed by atoms with Gasteiger partial charge in [0.15, 0.2) is 5.16 Å². The molecule has 118 valence electrons. The van der Waals surface area contributed by atoms with Crippen LogP contribution >= 0.6 is 23.1 Å². The molecule has 3 aromatic rings. The summed E-state index contributed by atoms with van der Waals surface area (Å²) in [6.07, 6.45) is 4.31. The maximum Gasteiger partial charge on any atom is 0.276 e. The van der Waals surface area contributed by atoms with Crippen molar-refractivity contribution in [1.82, 2.24) is 19.7 Å². The number of rotatable bonds is 5. The number of para-hydroxylation sites is 1. The Hall–Kier alpha value is -2.19. The number of carbonyl (C=O) groups excluding carboxylic acids is 1. The molecule has 6 nitrogen and oxygen atoms in total. The molecule has 0 fully saturated rings. The first-order chi connectivity index (χ1) is 11.2. The predicted octanol–water partition coefficient (Wildman–Crippen LogP) is 3.26. The normalized spacial score (nSPS) is 10.7. The average Bonchev–Trinajstić information content (AvgIpc) is 3.21. The molecule has 0 unspecified atom stereocenters. The lowest BCUT2D eigenvalue weighted by Crippen LogP contribution is -2.16. The first kappa shape index (κ1) is 15.7. The first-order valence-electron chi connectivity index (χ1n) is 7.03. The number of hydrogen-bond donors (Lipinski definition) is 1. The highest BCUT2D eigenvalue weighted by Crippen LogP contribution is 2.23. The van der Waals surface area contributed by atoms with Gasteiger partial charge in [-0.15, -0.1) is 10.2 Å². The third kappa shape index (κ3) is 3.27. The van der Waals surface area contributed by atoms with E-state index >= 15 is 0 Å². The van der Waals surface area contributed by atoms with E-state index in [0.29, 0.717) is 10.8 Å². The second kappa shape index (κ2) is 6.93. The summed E-state index contributed by atoms with van der Waals surface area (Å²) in [4.78, 5) is 16.9. The number of nitrogens with zero attached hydrogens (tertiary/aromatic N) is 4. The number of nitrogens with one attached hydrogen (secondary N) is 1. The van der Waals surface area contributed by atoms with Crippen molar-refractivity contribution in [3.63, 3.8) is 0 Å². The summed E-state index contributed by atoms with van der Waals surface area (Å²) in [5, 5.41) is 12.9. The number of aryl methyl sites for hydroxylation is 1. The molecular weight excluding hydrogens is 330 g/mol. The van der Waals surface area contributed by atoms with Crippen molar-refractivity contribution < 1.29 is 4.79 Å². The molecule has 23 heavy (non-hydrogen) atoms. The maximum absolute atomic E-state index is 12.6. The molecule has 2 aromatic heterocycles. The van der Waals surface area contributed by atoms with Crippen LogP contribution < -0.4 is 5.32 Å². The van der Waals surface area contributed by atoms with Gasteiger partial charge in [0.25, 0.3) is 5.91 Å². The highest BCUT2D eigenvalue weighted by molar-refractivity contribution is 7.98. The van der Waals surface area contributed by atoms with E-state index in [-0.39, 0.29) is 5.91 Å². The van der Waals surface area contributed by atoms with E-state index < -0.39 is 0 Å². The molecule has 0 bridgehead atoms. The van der Waals surface area contributed by atoms with E-state index in [2.05, 4.69) is 20.5 Å². The van der Waals surface area contributed by atoms with Crippen LogP contribution in [0.4, 0.5) is 5.13 Å². The molecule has 3 rings (SSSR count). The minimum Gasteiger partial charge on any atom is -0.295 e. The van der Waals surface area contributed by atoms with Gasteiger partial charge < -0.3 is 0 Å². The Balaban J connectivity index is 1.93. The van der Waals surface area contributed by atoms with Crippen molar-refractivity contribution in [2.75, 3.05) is 11.6 Å². The number of benzene rings is 1. The van der Waals surface area contributed by atoms with Gasteiger partial charge in [0.2, 0.25) is 5.13 Å². The standard InChI is InChI=1S/C15H15N5OS2/c1-3-12-18-19-14(23-12)17-13(21)11-9-16-15(22-2)20(11)10-7-5-4-6-8-10/h4-9H,3H2,1-2H3,(H,17,19,21). The SMILES string of the molecule is CCc1nnc(NC(=O)c2cnc(SC)n2-c2ccccc2)s1. The first-order valence-corrected chi connectivity index (χ1v) is 9.08. The fourth-order valence-corrected chi connectivity index (χ4v) is 3.29. The molecule has 0 saturated heterocycles. The highest BCUT2D eigenvalue weighted by Gasteiger charge is 2.18. The van der Waals surface area contributed by atoms with Crippen molar-refractivity contribution in [2.24, 2.45) is 0 Å². The highest BCUT2D eigenvalue weighted by atomic mass is 32.2. The summed E-state index contributed by atoms with van der Waals surface area (Å²) in [5.41, 5.74) is 1.36. The van der Waals surface area contributed by atoms with E-state index in [0.717, 1.165) is 22.3 Å². The van der Waals surface area contributed by atoms with Crippen LogP contribution in [0.15, 0.2) is 41.7 Å². The molecule has 1 N–H and O–H groups in total. The second-order valence-electron chi connectivity index (χ2n) is 4.61. The molecule has 2 heterocycles. The van der Waals surface area contributed by atoms with E-state index in [1.165, 1.54) is 23.1 Å². The van der Waals surface area contributed by atoms with Gasteiger partial charge in [-0.2, -0.15) is 0 Å². The van der Waals surface area contributed by atoms with E-state index in [4.69, 9.17) is 0 Å². The number of carbonyl (C=O) groups is 1. The Morgan fingerprint density at radius 1 is 1.30 bits per heavy atom. The number of anilines is 1. The third-order valence-corrected chi connectivity index (χ3v) is 4.78. The van der Waals surface area contributed by atoms with Crippen molar-refractivity contribution in [1.29, 1.82) is 0 Å². The van der Waals surface area contributed by atoms with Crippen molar-refractivity contribution in [2.45, 2.75) is 18.5 Å². The van der Waals surface area contributed by atoms with Gasteiger partial charge in [-0.1, -0.05) is 48.2 Å². The van der Waals surface area contributed by atoms with Gasteiger partial charge in [0, 0.05) is 5.69 Å². The smallest absolute Gasteiger partial charge is 0.276 e. The largest absolute Gasteiger partial charge is 0.295 e. The van der Waals surface area contributed by atoms with Crippen molar-refractivity contribution in [3.05, 3.63) is 47.2 Å². The fourth-order valence-electron chi connectivity index (χ4n) is 2.07. The summed E-state index contributed by atoms with van der Waals surface area (Å²) in [6, 6.07) is 9.68. The molecule has 0 saturated carbocycles. The number of thioether (sulfide) groups is 1. The molecular formula is C15H15N5OS2. The molecule has 0 atom stereocenters. The zero-order valence-corrected chi connectivity index (χ0v) is 14.3. The Kier molecular flexibility index (Phi) is 4.73. The van der Waals surface area contributed by atoms with Gasteiger partial charge in [0.05, 0.1) is 6.20 Å². The van der Waals surface area contributed by atoms with Crippen LogP contribution in [-0.4, -0.2) is 31.9 Å². The van der Waals surface area contributed by atoms with Crippen LogP contribution in [0.25, 0.3) is 5.69 Å². The second-order valence-corrected chi connectivity index (χ2v) is 6.45. The number of amides is 1. The van der Waals surface area contributed by atoms with Gasteiger partial charge in [-0.05, 0) is 24.8 Å². The predicted molar refractivity (Wildman–Crippen MR) is 92.6 cm³/mol. The number of hydrogen-bond acceptors (Lipinski definition) is 6. The van der Waals surface area contributed by atoms with E-state index in [1.807, 2.05) is 48.1 Å². The number of imidazole rings is 1. The van der Waals surface area contributed by atoms with Gasteiger partial charge in [-0.25, -0.2) is 4.98 Å². The van der Waals surface area contributed by atoms with Crippen molar-refractivity contribution in [3.8, 4) is 5.69 Å². The van der Waals surface area contributed by atoms with Crippen molar-refractivity contribution >= 4 is 34.1 Å². The molecule has 0 aliphatic carbocycles. The topological polar surface area (TPSA) is 72.7 Å². The van der Waals surface area contributed by atoms with E-state index in [1.54, 1.807) is 6.20 Å². The van der Waals surface area contributed by atoms with Crippen LogP contribution in [0.2, 0.25) is 0 Å².